The van der Waals surface area contributed by atoms with Crippen molar-refractivity contribution in [1.29, 1.82) is 0 Å². The van der Waals surface area contributed by atoms with E-state index >= 15 is 0 Å². The van der Waals surface area contributed by atoms with Gasteiger partial charge in [-0.25, -0.2) is 4.79 Å². The molecule has 6 nitrogen and oxygen atoms in total. The molecule has 0 aromatic rings. The van der Waals surface area contributed by atoms with Gasteiger partial charge in [0, 0.05) is 19.1 Å². The van der Waals surface area contributed by atoms with Crippen molar-refractivity contribution in [3.05, 3.63) is 0 Å². The number of carboxylic acid groups (broad SMARTS) is 1. The van der Waals surface area contributed by atoms with E-state index in [0.717, 1.165) is 6.54 Å². The molecule has 1 atom stereocenters. The lowest BCUT2D eigenvalue weighted by molar-refractivity contribution is -0.149. The number of likely N-dealkylation sites (N-methyl/N-ethyl adjacent to an activating group) is 1. The van der Waals surface area contributed by atoms with E-state index in [-0.39, 0.29) is 18.6 Å². The van der Waals surface area contributed by atoms with Crippen LogP contribution in [0.3, 0.4) is 0 Å². The summed E-state index contributed by atoms with van der Waals surface area (Å²) in [4.78, 5) is 25.0. The highest BCUT2D eigenvalue weighted by Crippen LogP contribution is 2.25. The van der Waals surface area contributed by atoms with Crippen molar-refractivity contribution in [3.63, 3.8) is 0 Å². The van der Waals surface area contributed by atoms with Gasteiger partial charge in [-0.05, 0) is 33.9 Å². The molecule has 3 N–H and O–H groups in total. The molecule has 0 bridgehead atoms. The van der Waals surface area contributed by atoms with Gasteiger partial charge in [-0.3, -0.25) is 4.79 Å². The molecule has 0 radical (unpaired) electrons. The summed E-state index contributed by atoms with van der Waals surface area (Å²) in [6, 6.07) is -0.306. The van der Waals surface area contributed by atoms with Crippen LogP contribution in [0, 0.1) is 5.41 Å². The largest absolute Gasteiger partial charge is 0.481 e. The summed E-state index contributed by atoms with van der Waals surface area (Å²) < 4.78 is 0. The number of carbonyl (C=O) groups is 2. The topological polar surface area (TPSA) is 81.7 Å². The van der Waals surface area contributed by atoms with Crippen LogP contribution in [-0.4, -0.2) is 55.2 Å². The molecule has 0 heterocycles. The summed E-state index contributed by atoms with van der Waals surface area (Å²) in [7, 11) is 3.86. The normalized spacial score (nSPS) is 13.2. The minimum Gasteiger partial charge on any atom is -0.481 e. The maximum absolute atomic E-state index is 11.7. The number of nitrogens with one attached hydrogen (secondary N) is 2. The Labute approximate surface area is 115 Å². The van der Waals surface area contributed by atoms with Crippen molar-refractivity contribution in [2.45, 2.75) is 39.7 Å². The number of hydrogen-bond donors (Lipinski definition) is 3. The van der Waals surface area contributed by atoms with Crippen molar-refractivity contribution in [2.75, 3.05) is 27.2 Å². The quantitative estimate of drug-likeness (QED) is 0.619. The lowest BCUT2D eigenvalue weighted by Gasteiger charge is -2.27. The van der Waals surface area contributed by atoms with Gasteiger partial charge in [0.2, 0.25) is 0 Å². The minimum atomic E-state index is -0.873. The fourth-order valence-electron chi connectivity index (χ4n) is 2.00. The van der Waals surface area contributed by atoms with Crippen molar-refractivity contribution < 1.29 is 14.7 Å². The number of hydrogen-bond acceptors (Lipinski definition) is 3. The van der Waals surface area contributed by atoms with E-state index in [0.29, 0.717) is 12.8 Å². The molecule has 112 valence electrons. The van der Waals surface area contributed by atoms with E-state index in [1.807, 2.05) is 39.8 Å². The van der Waals surface area contributed by atoms with Crippen LogP contribution in [-0.2, 0) is 4.79 Å². The smallest absolute Gasteiger partial charge is 0.315 e. The molecular formula is C13H27N3O3. The van der Waals surface area contributed by atoms with Gasteiger partial charge in [-0.2, -0.15) is 0 Å². The van der Waals surface area contributed by atoms with Gasteiger partial charge < -0.3 is 20.6 Å². The summed E-state index contributed by atoms with van der Waals surface area (Å²) in [5.41, 5.74) is -0.873. The van der Waals surface area contributed by atoms with Gasteiger partial charge in [0.1, 0.15) is 0 Å². The van der Waals surface area contributed by atoms with E-state index in [1.165, 1.54) is 0 Å². The van der Waals surface area contributed by atoms with E-state index in [9.17, 15) is 14.7 Å². The monoisotopic (exact) mass is 273 g/mol. The van der Waals surface area contributed by atoms with Crippen LogP contribution in [0.2, 0.25) is 0 Å². The molecule has 0 aliphatic carbocycles. The first-order valence-electron chi connectivity index (χ1n) is 6.70. The van der Waals surface area contributed by atoms with Crippen LogP contribution >= 0.6 is 0 Å². The van der Waals surface area contributed by atoms with E-state index in [4.69, 9.17) is 0 Å². The van der Waals surface area contributed by atoms with Crippen molar-refractivity contribution in [3.8, 4) is 0 Å². The van der Waals surface area contributed by atoms with Gasteiger partial charge in [-0.15, -0.1) is 0 Å². The standard InChI is InChI=1S/C13H27N3O3/c1-6-13(7-2,11(17)18)9-14-12(19)15-10(3)8-16(4)5/h10H,6-9H2,1-5H3,(H,17,18)(H2,14,15,19). The Hall–Kier alpha value is -1.30. The molecule has 2 amide bonds. The maximum atomic E-state index is 11.7. The maximum Gasteiger partial charge on any atom is 0.315 e. The van der Waals surface area contributed by atoms with Gasteiger partial charge >= 0.3 is 12.0 Å². The number of urea groups is 1. The lowest BCUT2D eigenvalue weighted by Crippen LogP contribution is -2.49. The molecule has 0 aromatic heterocycles. The Morgan fingerprint density at radius 1 is 1.26 bits per heavy atom. The zero-order chi connectivity index (χ0) is 15.1. The summed E-state index contributed by atoms with van der Waals surface area (Å²) in [6.45, 7) is 6.44. The second kappa shape index (κ2) is 7.99. The Kier molecular flexibility index (Phi) is 7.44. The van der Waals surface area contributed by atoms with Gasteiger partial charge in [0.15, 0.2) is 0 Å². The third kappa shape index (κ3) is 5.92. The van der Waals surface area contributed by atoms with Crippen molar-refractivity contribution in [2.24, 2.45) is 5.41 Å². The predicted molar refractivity (Wildman–Crippen MR) is 75.2 cm³/mol. The second-order valence-corrected chi connectivity index (χ2v) is 5.28. The van der Waals surface area contributed by atoms with Crippen LogP contribution in [0.4, 0.5) is 4.79 Å². The zero-order valence-electron chi connectivity index (χ0n) is 12.6. The van der Waals surface area contributed by atoms with Crippen molar-refractivity contribution in [1.82, 2.24) is 15.5 Å². The van der Waals surface area contributed by atoms with Gasteiger partial charge in [0.25, 0.3) is 0 Å². The van der Waals surface area contributed by atoms with Crippen LogP contribution in [0.5, 0.6) is 0 Å². The molecule has 1 unspecified atom stereocenters. The molecule has 0 spiro atoms. The van der Waals surface area contributed by atoms with Crippen LogP contribution in [0.15, 0.2) is 0 Å². The number of aliphatic carboxylic acids is 1. The predicted octanol–water partition coefficient (Wildman–Crippen LogP) is 1.13. The van der Waals surface area contributed by atoms with Crippen LogP contribution in [0.1, 0.15) is 33.6 Å². The lowest BCUT2D eigenvalue weighted by atomic mass is 9.82. The first-order chi connectivity index (χ1) is 8.77. The molecular weight excluding hydrogens is 246 g/mol. The average Bonchev–Trinajstić information content (AvgIpc) is 2.29. The summed E-state index contributed by atoms with van der Waals surface area (Å²) in [5, 5.41) is 14.7. The first kappa shape index (κ1) is 17.7. The van der Waals surface area contributed by atoms with Crippen molar-refractivity contribution >= 4 is 12.0 Å². The number of carboxylic acids is 1. The Morgan fingerprint density at radius 3 is 2.16 bits per heavy atom. The molecule has 0 fully saturated rings. The van der Waals surface area contributed by atoms with E-state index < -0.39 is 11.4 Å². The Morgan fingerprint density at radius 2 is 1.79 bits per heavy atom. The van der Waals surface area contributed by atoms with Gasteiger partial charge in [-0.1, -0.05) is 13.8 Å². The summed E-state index contributed by atoms with van der Waals surface area (Å²) in [6.07, 6.45) is 0.985. The molecule has 19 heavy (non-hydrogen) atoms. The average molecular weight is 273 g/mol. The Bertz CT molecular complexity index is 302. The van der Waals surface area contributed by atoms with Gasteiger partial charge in [0.05, 0.1) is 5.41 Å². The number of rotatable bonds is 8. The zero-order valence-corrected chi connectivity index (χ0v) is 12.6. The fraction of sp³-hybridized carbons (Fsp3) is 0.846. The third-order valence-electron chi connectivity index (χ3n) is 3.41. The highest BCUT2D eigenvalue weighted by Gasteiger charge is 2.35. The molecule has 0 saturated heterocycles. The molecule has 6 heteroatoms. The number of carbonyl (C=O) groups excluding carboxylic acids is 1. The van der Waals surface area contributed by atoms with E-state index in [1.54, 1.807) is 0 Å². The highest BCUT2D eigenvalue weighted by atomic mass is 16.4. The molecule has 0 aromatic carbocycles. The summed E-state index contributed by atoms with van der Waals surface area (Å²) >= 11 is 0. The highest BCUT2D eigenvalue weighted by molar-refractivity contribution is 5.78. The molecule has 0 rings (SSSR count). The minimum absolute atomic E-state index is 0.0116. The first-order valence-corrected chi connectivity index (χ1v) is 6.70. The molecule has 0 aliphatic heterocycles. The van der Waals surface area contributed by atoms with Crippen LogP contribution in [0.25, 0.3) is 0 Å². The SMILES string of the molecule is CCC(CC)(CNC(=O)NC(C)CN(C)C)C(=O)O. The fourth-order valence-corrected chi connectivity index (χ4v) is 2.00. The summed E-state index contributed by atoms with van der Waals surface area (Å²) in [5.74, 6) is -0.862. The molecule has 0 aliphatic rings. The third-order valence-corrected chi connectivity index (χ3v) is 3.41. The van der Waals surface area contributed by atoms with Crippen LogP contribution < -0.4 is 10.6 Å². The van der Waals surface area contributed by atoms with E-state index in [2.05, 4.69) is 10.6 Å². The Balaban J connectivity index is 4.31. The second-order valence-electron chi connectivity index (χ2n) is 5.28. The number of nitrogens with zero attached hydrogens (tertiary/aromatic N) is 1. The number of amides is 2. The molecule has 0 saturated carbocycles.